The summed E-state index contributed by atoms with van der Waals surface area (Å²) in [6, 6.07) is -0.981. The third-order valence-corrected chi connectivity index (χ3v) is 2.92. The number of carbonyl (C=O) groups is 2. The van der Waals surface area contributed by atoms with Gasteiger partial charge in [-0.3, -0.25) is 9.59 Å². The normalized spacial score (nSPS) is 34.7. The number of hydrogen-bond acceptors (Lipinski definition) is 6. The standard InChI is InChI=1S/C11H20N2O6/c1-3-7(16)13-11-8(12-5(2)15)10(18)9(17)6(4-14)19-11/h6,8-11,14,17-18H,3-4H2,1-2H3,(H,12,15)(H,13,16)/t6?,8?,9-,10+,11+/m0/s1. The summed E-state index contributed by atoms with van der Waals surface area (Å²) in [6.07, 6.45) is -4.53. The Balaban J connectivity index is 2.86. The predicted octanol–water partition coefficient (Wildman–Crippen LogP) is -2.54. The van der Waals surface area contributed by atoms with Crippen molar-refractivity contribution in [1.82, 2.24) is 10.6 Å². The summed E-state index contributed by atoms with van der Waals surface area (Å²) in [5.41, 5.74) is 0. The van der Waals surface area contributed by atoms with Gasteiger partial charge in [0.25, 0.3) is 0 Å². The van der Waals surface area contributed by atoms with E-state index in [0.29, 0.717) is 0 Å². The van der Waals surface area contributed by atoms with Crippen molar-refractivity contribution in [2.24, 2.45) is 0 Å². The second kappa shape index (κ2) is 6.80. The van der Waals surface area contributed by atoms with Crippen LogP contribution in [0.15, 0.2) is 0 Å². The van der Waals surface area contributed by atoms with Crippen LogP contribution in [0.25, 0.3) is 0 Å². The minimum atomic E-state index is -1.35. The van der Waals surface area contributed by atoms with Gasteiger partial charge in [0, 0.05) is 13.3 Å². The summed E-state index contributed by atoms with van der Waals surface area (Å²) in [6.45, 7) is 2.37. The highest BCUT2D eigenvalue weighted by Gasteiger charge is 2.45. The van der Waals surface area contributed by atoms with Crippen LogP contribution in [0, 0.1) is 0 Å². The SMILES string of the molecule is CCC(=O)N[C@@H]1OC(CO)[C@H](O)[C@H](O)C1NC(C)=O. The highest BCUT2D eigenvalue weighted by molar-refractivity contribution is 5.76. The molecule has 5 atom stereocenters. The third-order valence-electron chi connectivity index (χ3n) is 2.92. The topological polar surface area (TPSA) is 128 Å². The van der Waals surface area contributed by atoms with Crippen molar-refractivity contribution < 1.29 is 29.6 Å². The molecule has 1 aliphatic heterocycles. The number of carbonyl (C=O) groups excluding carboxylic acids is 2. The van der Waals surface area contributed by atoms with Crippen molar-refractivity contribution in [2.75, 3.05) is 6.61 Å². The van der Waals surface area contributed by atoms with Gasteiger partial charge in [-0.05, 0) is 0 Å². The van der Waals surface area contributed by atoms with Gasteiger partial charge in [0.15, 0.2) is 6.23 Å². The van der Waals surface area contributed by atoms with Gasteiger partial charge in [-0.1, -0.05) is 6.92 Å². The van der Waals surface area contributed by atoms with Crippen LogP contribution in [0.1, 0.15) is 20.3 Å². The first-order chi connectivity index (χ1) is 8.90. The average Bonchev–Trinajstić information content (AvgIpc) is 2.37. The fourth-order valence-electron chi connectivity index (χ4n) is 1.90. The molecule has 1 heterocycles. The number of amides is 2. The summed E-state index contributed by atoms with van der Waals surface area (Å²) >= 11 is 0. The van der Waals surface area contributed by atoms with Crippen LogP contribution in [-0.2, 0) is 14.3 Å². The van der Waals surface area contributed by atoms with Crippen LogP contribution in [0.5, 0.6) is 0 Å². The average molecular weight is 276 g/mol. The van der Waals surface area contributed by atoms with E-state index in [1.54, 1.807) is 6.92 Å². The Morgan fingerprint density at radius 1 is 1.21 bits per heavy atom. The van der Waals surface area contributed by atoms with E-state index < -0.39 is 43.1 Å². The van der Waals surface area contributed by atoms with Crippen molar-refractivity contribution in [3.63, 3.8) is 0 Å². The predicted molar refractivity (Wildman–Crippen MR) is 63.8 cm³/mol. The molecule has 0 bridgehead atoms. The van der Waals surface area contributed by atoms with Gasteiger partial charge in [-0.25, -0.2) is 0 Å². The molecule has 0 saturated carbocycles. The van der Waals surface area contributed by atoms with Crippen LogP contribution in [0.3, 0.4) is 0 Å². The van der Waals surface area contributed by atoms with Crippen molar-refractivity contribution >= 4 is 11.8 Å². The van der Waals surface area contributed by atoms with E-state index in [4.69, 9.17) is 9.84 Å². The fraction of sp³-hybridized carbons (Fsp3) is 0.818. The van der Waals surface area contributed by atoms with Gasteiger partial charge in [-0.15, -0.1) is 0 Å². The Kier molecular flexibility index (Phi) is 5.67. The lowest BCUT2D eigenvalue weighted by Gasteiger charge is -2.42. The molecule has 1 fully saturated rings. The molecule has 2 unspecified atom stereocenters. The molecule has 0 aromatic heterocycles. The van der Waals surface area contributed by atoms with Crippen molar-refractivity contribution in [2.45, 2.75) is 50.8 Å². The minimum Gasteiger partial charge on any atom is -0.394 e. The quantitative estimate of drug-likeness (QED) is 0.385. The third kappa shape index (κ3) is 3.87. The molecule has 0 aliphatic carbocycles. The Hall–Kier alpha value is -1.22. The lowest BCUT2D eigenvalue weighted by Crippen LogP contribution is -2.68. The number of ether oxygens (including phenoxy) is 1. The van der Waals surface area contributed by atoms with Gasteiger partial charge in [0.2, 0.25) is 11.8 Å². The van der Waals surface area contributed by atoms with Crippen LogP contribution < -0.4 is 10.6 Å². The largest absolute Gasteiger partial charge is 0.394 e. The fourth-order valence-corrected chi connectivity index (χ4v) is 1.90. The van der Waals surface area contributed by atoms with Crippen molar-refractivity contribution in [3.8, 4) is 0 Å². The molecule has 0 radical (unpaired) electrons. The van der Waals surface area contributed by atoms with E-state index in [2.05, 4.69) is 10.6 Å². The Labute approximate surface area is 110 Å². The van der Waals surface area contributed by atoms with Gasteiger partial charge >= 0.3 is 0 Å². The summed E-state index contributed by atoms with van der Waals surface area (Å²) < 4.78 is 5.30. The molecular weight excluding hydrogens is 256 g/mol. The maximum Gasteiger partial charge on any atom is 0.221 e. The lowest BCUT2D eigenvalue weighted by molar-refractivity contribution is -0.203. The Bertz CT molecular complexity index is 337. The summed E-state index contributed by atoms with van der Waals surface area (Å²) in [5, 5.41) is 33.6. The van der Waals surface area contributed by atoms with Gasteiger partial charge in [-0.2, -0.15) is 0 Å². The molecule has 2 amide bonds. The monoisotopic (exact) mass is 276 g/mol. The van der Waals surface area contributed by atoms with Crippen molar-refractivity contribution in [3.05, 3.63) is 0 Å². The molecule has 0 spiro atoms. The van der Waals surface area contributed by atoms with Crippen molar-refractivity contribution in [1.29, 1.82) is 0 Å². The van der Waals surface area contributed by atoms with E-state index in [1.165, 1.54) is 6.92 Å². The zero-order valence-electron chi connectivity index (χ0n) is 10.9. The minimum absolute atomic E-state index is 0.203. The number of aliphatic hydroxyl groups is 3. The maximum absolute atomic E-state index is 11.4. The smallest absolute Gasteiger partial charge is 0.221 e. The molecule has 0 aromatic carbocycles. The summed E-state index contributed by atoms with van der Waals surface area (Å²) in [5.74, 6) is -0.765. The van der Waals surface area contributed by atoms with Crippen LogP contribution in [0.4, 0.5) is 0 Å². The molecule has 1 saturated heterocycles. The Morgan fingerprint density at radius 2 is 1.84 bits per heavy atom. The second-order valence-electron chi connectivity index (χ2n) is 4.41. The van der Waals surface area contributed by atoms with E-state index in [1.807, 2.05) is 0 Å². The zero-order valence-corrected chi connectivity index (χ0v) is 10.9. The first kappa shape index (κ1) is 15.8. The molecule has 0 aromatic rings. The van der Waals surface area contributed by atoms with Gasteiger partial charge in [0.1, 0.15) is 24.4 Å². The molecule has 110 valence electrons. The Morgan fingerprint density at radius 3 is 2.32 bits per heavy atom. The van der Waals surface area contributed by atoms with Crippen LogP contribution >= 0.6 is 0 Å². The van der Waals surface area contributed by atoms with E-state index in [-0.39, 0.29) is 12.3 Å². The summed E-state index contributed by atoms with van der Waals surface area (Å²) in [4.78, 5) is 22.5. The molecule has 5 N–H and O–H groups in total. The number of aliphatic hydroxyl groups excluding tert-OH is 3. The number of rotatable bonds is 4. The van der Waals surface area contributed by atoms with E-state index >= 15 is 0 Å². The molecular formula is C11H20N2O6. The molecule has 8 heteroatoms. The number of hydrogen-bond donors (Lipinski definition) is 5. The number of nitrogens with one attached hydrogen (secondary N) is 2. The second-order valence-corrected chi connectivity index (χ2v) is 4.41. The van der Waals surface area contributed by atoms with Crippen LogP contribution in [0.2, 0.25) is 0 Å². The van der Waals surface area contributed by atoms with Gasteiger partial charge in [0.05, 0.1) is 6.61 Å². The molecule has 8 nitrogen and oxygen atoms in total. The van der Waals surface area contributed by atoms with Crippen LogP contribution in [-0.4, -0.2) is 64.3 Å². The highest BCUT2D eigenvalue weighted by Crippen LogP contribution is 2.20. The van der Waals surface area contributed by atoms with Gasteiger partial charge < -0.3 is 30.7 Å². The highest BCUT2D eigenvalue weighted by atomic mass is 16.5. The lowest BCUT2D eigenvalue weighted by atomic mass is 9.96. The first-order valence-electron chi connectivity index (χ1n) is 6.09. The molecule has 1 aliphatic rings. The molecule has 1 rings (SSSR count). The first-order valence-corrected chi connectivity index (χ1v) is 6.09. The molecule has 19 heavy (non-hydrogen) atoms. The summed E-state index contributed by atoms with van der Waals surface area (Å²) in [7, 11) is 0. The zero-order chi connectivity index (χ0) is 14.6. The van der Waals surface area contributed by atoms with E-state index in [0.717, 1.165) is 0 Å². The maximum atomic E-state index is 11.4. The van der Waals surface area contributed by atoms with E-state index in [9.17, 15) is 19.8 Å².